The van der Waals surface area contributed by atoms with Gasteiger partial charge in [0.25, 0.3) is 5.91 Å². The third-order valence-electron chi connectivity index (χ3n) is 4.36. The van der Waals surface area contributed by atoms with E-state index in [2.05, 4.69) is 4.98 Å². The highest BCUT2D eigenvalue weighted by molar-refractivity contribution is 7.22. The molecule has 0 saturated heterocycles. The summed E-state index contributed by atoms with van der Waals surface area (Å²) >= 11 is 3.05. The summed E-state index contributed by atoms with van der Waals surface area (Å²) in [7, 11) is 1.36. The molecule has 4 rings (SSSR count). The Morgan fingerprint density at radius 3 is 2.85 bits per heavy atom. The van der Waals surface area contributed by atoms with E-state index in [4.69, 9.17) is 4.74 Å². The number of aromatic nitrogens is 1. The summed E-state index contributed by atoms with van der Waals surface area (Å²) in [6.45, 7) is 2.47. The zero-order valence-electron chi connectivity index (χ0n) is 14.3. The van der Waals surface area contributed by atoms with Gasteiger partial charge in [-0.1, -0.05) is 6.07 Å². The van der Waals surface area contributed by atoms with Crippen molar-refractivity contribution in [1.29, 1.82) is 0 Å². The number of carbonyl (C=O) groups excluding carboxylic acids is 2. The Kier molecular flexibility index (Phi) is 4.34. The van der Waals surface area contributed by atoms with Gasteiger partial charge in [-0.15, -0.1) is 22.7 Å². The van der Waals surface area contributed by atoms with E-state index < -0.39 is 0 Å². The zero-order valence-corrected chi connectivity index (χ0v) is 15.9. The quantitative estimate of drug-likeness (QED) is 0.636. The van der Waals surface area contributed by atoms with E-state index in [1.165, 1.54) is 18.4 Å². The fourth-order valence-electron chi connectivity index (χ4n) is 3.08. The minimum atomic E-state index is -0.364. The Hall–Kier alpha value is -2.51. The molecule has 0 unspecified atom stereocenters. The molecule has 0 atom stereocenters. The Morgan fingerprint density at radius 2 is 2.12 bits per heavy atom. The lowest BCUT2D eigenvalue weighted by atomic mass is 10.1. The fourth-order valence-corrected chi connectivity index (χ4v) is 4.89. The molecular weight excluding hydrogens is 368 g/mol. The number of rotatable bonds is 3. The van der Waals surface area contributed by atoms with E-state index in [0.29, 0.717) is 17.0 Å². The maximum atomic E-state index is 13.1. The van der Waals surface area contributed by atoms with E-state index in [1.807, 2.05) is 36.6 Å². The Bertz CT molecular complexity index is 992. The number of thiazole rings is 1. The molecule has 0 aliphatic carbocycles. The lowest BCUT2D eigenvalue weighted by molar-refractivity contribution is 0.0600. The minimum Gasteiger partial charge on any atom is -0.465 e. The highest BCUT2D eigenvalue weighted by Crippen LogP contribution is 2.35. The predicted molar refractivity (Wildman–Crippen MR) is 103 cm³/mol. The Labute approximate surface area is 158 Å². The number of carbonyl (C=O) groups is 2. The molecule has 26 heavy (non-hydrogen) atoms. The van der Waals surface area contributed by atoms with Crippen molar-refractivity contribution < 1.29 is 14.3 Å². The predicted octanol–water partition coefficient (Wildman–Crippen LogP) is 4.17. The van der Waals surface area contributed by atoms with Crippen molar-refractivity contribution in [2.45, 2.75) is 13.3 Å². The molecule has 0 spiro atoms. The van der Waals surface area contributed by atoms with Crippen LogP contribution < -0.4 is 4.90 Å². The highest BCUT2D eigenvalue weighted by Gasteiger charge is 2.29. The third-order valence-corrected chi connectivity index (χ3v) is 6.55. The van der Waals surface area contributed by atoms with Crippen LogP contribution in [0.3, 0.4) is 0 Å². The summed E-state index contributed by atoms with van der Waals surface area (Å²) in [6.07, 6.45) is 0.724. The molecule has 0 bridgehead atoms. The van der Waals surface area contributed by atoms with Crippen molar-refractivity contribution in [3.63, 3.8) is 0 Å². The number of anilines is 1. The van der Waals surface area contributed by atoms with Gasteiger partial charge >= 0.3 is 5.97 Å². The van der Waals surface area contributed by atoms with Crippen LogP contribution in [0.25, 0.3) is 9.88 Å². The van der Waals surface area contributed by atoms with Crippen LogP contribution in [-0.2, 0) is 11.2 Å². The standard InChI is InChI=1S/C19H16N2O3S2/c1-11-16(26-17(20-11)15-4-3-9-25-15)18(22)21-8-7-12-10-13(19(23)24-2)5-6-14(12)21/h3-6,9-10H,7-8H2,1-2H3. The molecule has 1 aliphatic rings. The van der Waals surface area contributed by atoms with Crippen molar-refractivity contribution in [2.24, 2.45) is 0 Å². The highest BCUT2D eigenvalue weighted by atomic mass is 32.1. The average Bonchev–Trinajstić information content (AvgIpc) is 3.38. The Balaban J connectivity index is 1.64. The second-order valence-electron chi connectivity index (χ2n) is 5.95. The van der Waals surface area contributed by atoms with Crippen LogP contribution >= 0.6 is 22.7 Å². The maximum Gasteiger partial charge on any atom is 0.337 e. The molecule has 0 saturated carbocycles. The number of thiophene rings is 1. The van der Waals surface area contributed by atoms with Gasteiger partial charge in [0, 0.05) is 12.2 Å². The molecular formula is C19H16N2O3S2. The molecule has 3 aromatic rings. The molecule has 3 heterocycles. The monoisotopic (exact) mass is 384 g/mol. The number of fused-ring (bicyclic) bond motifs is 1. The fraction of sp³-hybridized carbons (Fsp3) is 0.211. The maximum absolute atomic E-state index is 13.1. The summed E-state index contributed by atoms with van der Waals surface area (Å²) < 4.78 is 4.77. The SMILES string of the molecule is COC(=O)c1ccc2c(c1)CCN2C(=O)c1sc(-c2cccs2)nc1C. The largest absolute Gasteiger partial charge is 0.465 e. The first-order valence-corrected chi connectivity index (χ1v) is 9.82. The number of nitrogens with zero attached hydrogens (tertiary/aromatic N) is 2. The van der Waals surface area contributed by atoms with Crippen LogP contribution in [0.1, 0.15) is 31.3 Å². The smallest absolute Gasteiger partial charge is 0.337 e. The van der Waals surface area contributed by atoms with Gasteiger partial charge < -0.3 is 9.64 Å². The zero-order chi connectivity index (χ0) is 18.3. The molecule has 132 valence electrons. The average molecular weight is 384 g/mol. The van der Waals surface area contributed by atoms with Crippen molar-refractivity contribution in [3.8, 4) is 9.88 Å². The number of amides is 1. The topological polar surface area (TPSA) is 59.5 Å². The van der Waals surface area contributed by atoms with Crippen molar-refractivity contribution in [1.82, 2.24) is 4.98 Å². The molecule has 7 heteroatoms. The van der Waals surface area contributed by atoms with Gasteiger partial charge in [0.05, 0.1) is 23.2 Å². The Morgan fingerprint density at radius 1 is 1.27 bits per heavy atom. The van der Waals surface area contributed by atoms with Gasteiger partial charge in [0.1, 0.15) is 9.88 Å². The van der Waals surface area contributed by atoms with E-state index >= 15 is 0 Å². The van der Waals surface area contributed by atoms with E-state index in [9.17, 15) is 9.59 Å². The summed E-state index contributed by atoms with van der Waals surface area (Å²) in [5.74, 6) is -0.399. The van der Waals surface area contributed by atoms with Crippen LogP contribution in [0.15, 0.2) is 35.7 Å². The van der Waals surface area contributed by atoms with Crippen LogP contribution in [-0.4, -0.2) is 30.5 Å². The molecule has 1 amide bonds. The van der Waals surface area contributed by atoms with Crippen LogP contribution in [0.4, 0.5) is 5.69 Å². The lowest BCUT2D eigenvalue weighted by Gasteiger charge is -2.16. The van der Waals surface area contributed by atoms with Crippen LogP contribution in [0.2, 0.25) is 0 Å². The first kappa shape index (κ1) is 16.9. The lowest BCUT2D eigenvalue weighted by Crippen LogP contribution is -2.28. The number of esters is 1. The first-order chi connectivity index (χ1) is 12.6. The summed E-state index contributed by atoms with van der Waals surface area (Å²) in [6, 6.07) is 9.32. The van der Waals surface area contributed by atoms with Gasteiger partial charge in [-0.2, -0.15) is 0 Å². The summed E-state index contributed by atoms with van der Waals surface area (Å²) in [5, 5.41) is 2.88. The molecule has 0 radical (unpaired) electrons. The van der Waals surface area contributed by atoms with E-state index in [1.54, 1.807) is 22.3 Å². The number of ether oxygens (including phenoxy) is 1. The molecule has 1 aromatic carbocycles. The van der Waals surface area contributed by atoms with Crippen LogP contribution in [0.5, 0.6) is 0 Å². The second-order valence-corrected chi connectivity index (χ2v) is 7.90. The van der Waals surface area contributed by atoms with Crippen molar-refractivity contribution in [3.05, 3.63) is 57.4 Å². The molecule has 2 aromatic heterocycles. The van der Waals surface area contributed by atoms with Gasteiger partial charge in [-0.3, -0.25) is 4.79 Å². The molecule has 0 N–H and O–H groups in total. The minimum absolute atomic E-state index is 0.0348. The van der Waals surface area contributed by atoms with Crippen molar-refractivity contribution in [2.75, 3.05) is 18.6 Å². The van der Waals surface area contributed by atoms with Gasteiger partial charge in [-0.25, -0.2) is 9.78 Å². The summed E-state index contributed by atoms with van der Waals surface area (Å²) in [5.41, 5.74) is 3.10. The van der Waals surface area contributed by atoms with Gasteiger partial charge in [-0.05, 0) is 48.6 Å². The van der Waals surface area contributed by atoms with Crippen LogP contribution in [0, 0.1) is 6.92 Å². The number of benzene rings is 1. The van der Waals surface area contributed by atoms with Gasteiger partial charge in [0.2, 0.25) is 0 Å². The van der Waals surface area contributed by atoms with Gasteiger partial charge in [0.15, 0.2) is 0 Å². The molecule has 5 nitrogen and oxygen atoms in total. The second kappa shape index (κ2) is 6.66. The summed E-state index contributed by atoms with van der Waals surface area (Å²) in [4.78, 5) is 32.9. The van der Waals surface area contributed by atoms with Crippen molar-refractivity contribution >= 4 is 40.2 Å². The first-order valence-electron chi connectivity index (χ1n) is 8.13. The van der Waals surface area contributed by atoms with E-state index in [-0.39, 0.29) is 11.9 Å². The number of methoxy groups -OCH3 is 1. The molecule has 1 aliphatic heterocycles. The number of hydrogen-bond acceptors (Lipinski definition) is 6. The van der Waals surface area contributed by atoms with E-state index in [0.717, 1.165) is 33.3 Å². The third kappa shape index (κ3) is 2.83. The number of aryl methyl sites for hydroxylation is 1. The normalized spacial score (nSPS) is 12.9. The number of hydrogen-bond donors (Lipinski definition) is 0. The molecule has 0 fully saturated rings.